The van der Waals surface area contributed by atoms with Crippen LogP contribution in [0.15, 0.2) is 0 Å². The third-order valence-electron chi connectivity index (χ3n) is 4.07. The molecule has 2 aliphatic carbocycles. The van der Waals surface area contributed by atoms with E-state index in [4.69, 9.17) is 5.73 Å². The zero-order chi connectivity index (χ0) is 9.53. The second-order valence-electron chi connectivity index (χ2n) is 5.31. The maximum absolute atomic E-state index is 13.5. The van der Waals surface area contributed by atoms with Crippen LogP contribution in [0, 0.1) is 11.3 Å². The second kappa shape index (κ2) is 2.94. The van der Waals surface area contributed by atoms with E-state index in [2.05, 4.69) is 0 Å². The highest BCUT2D eigenvalue weighted by Crippen LogP contribution is 2.58. The van der Waals surface area contributed by atoms with Gasteiger partial charge in [-0.2, -0.15) is 0 Å². The van der Waals surface area contributed by atoms with Gasteiger partial charge in [0.25, 0.3) is 0 Å². The summed E-state index contributed by atoms with van der Waals surface area (Å²) in [4.78, 5) is 0. The van der Waals surface area contributed by atoms with Gasteiger partial charge in [0.2, 0.25) is 0 Å². The van der Waals surface area contributed by atoms with Crippen molar-refractivity contribution in [3.8, 4) is 0 Å². The Kier molecular flexibility index (Phi) is 2.14. The van der Waals surface area contributed by atoms with Crippen LogP contribution in [0.4, 0.5) is 4.39 Å². The van der Waals surface area contributed by atoms with Gasteiger partial charge < -0.3 is 5.73 Å². The Morgan fingerprint density at radius 3 is 2.23 bits per heavy atom. The minimum absolute atomic E-state index is 0.181. The lowest BCUT2D eigenvalue weighted by atomic mass is 9.54. The largest absolute Gasteiger partial charge is 0.330 e. The van der Waals surface area contributed by atoms with Crippen LogP contribution in [0.3, 0.4) is 0 Å². The molecule has 2 fully saturated rings. The van der Waals surface area contributed by atoms with Gasteiger partial charge in [-0.1, -0.05) is 12.8 Å². The van der Waals surface area contributed by atoms with Crippen molar-refractivity contribution in [1.29, 1.82) is 0 Å². The molecule has 0 aliphatic heterocycles. The fourth-order valence-corrected chi connectivity index (χ4v) is 3.55. The lowest BCUT2D eigenvalue weighted by Gasteiger charge is -2.53. The van der Waals surface area contributed by atoms with Crippen molar-refractivity contribution >= 4 is 0 Å². The highest BCUT2D eigenvalue weighted by molar-refractivity contribution is 5.06. The zero-order valence-electron chi connectivity index (χ0n) is 8.48. The van der Waals surface area contributed by atoms with Crippen LogP contribution in [0.1, 0.15) is 45.4 Å². The van der Waals surface area contributed by atoms with E-state index in [0.717, 1.165) is 5.92 Å². The first-order chi connectivity index (χ1) is 6.08. The zero-order valence-corrected chi connectivity index (χ0v) is 8.48. The molecule has 0 spiro atoms. The number of nitrogens with two attached hydrogens (primary N) is 1. The van der Waals surface area contributed by atoms with Gasteiger partial charge in [0.15, 0.2) is 0 Å². The molecule has 2 rings (SSSR count). The molecule has 0 bridgehead atoms. The van der Waals surface area contributed by atoms with E-state index in [9.17, 15) is 4.39 Å². The fraction of sp³-hybridized carbons (Fsp3) is 1.00. The topological polar surface area (TPSA) is 26.0 Å². The average molecular weight is 185 g/mol. The van der Waals surface area contributed by atoms with Crippen LogP contribution in [-0.4, -0.2) is 12.2 Å². The van der Waals surface area contributed by atoms with Crippen LogP contribution in [0.2, 0.25) is 0 Å². The van der Waals surface area contributed by atoms with E-state index >= 15 is 0 Å². The molecule has 2 heteroatoms. The van der Waals surface area contributed by atoms with Crippen LogP contribution >= 0.6 is 0 Å². The normalized spacial score (nSPS) is 46.4. The molecule has 0 radical (unpaired) electrons. The average Bonchev–Trinajstić information content (AvgIpc) is 2.51. The van der Waals surface area contributed by atoms with E-state index in [1.54, 1.807) is 6.92 Å². The third-order valence-corrected chi connectivity index (χ3v) is 4.07. The Bertz CT molecular complexity index is 186. The van der Waals surface area contributed by atoms with Crippen molar-refractivity contribution < 1.29 is 4.39 Å². The summed E-state index contributed by atoms with van der Waals surface area (Å²) in [6, 6.07) is 0. The molecular weight excluding hydrogens is 165 g/mol. The molecule has 0 saturated heterocycles. The SMILES string of the molecule is CC1(F)CC(CN)(C2CCCC2)C1. The summed E-state index contributed by atoms with van der Waals surface area (Å²) in [7, 11) is 0. The Hall–Kier alpha value is -0.110. The molecule has 2 saturated carbocycles. The molecule has 0 aromatic heterocycles. The summed E-state index contributed by atoms with van der Waals surface area (Å²) in [6.45, 7) is 2.41. The molecule has 2 N–H and O–H groups in total. The molecule has 76 valence electrons. The Morgan fingerprint density at radius 2 is 1.85 bits per heavy atom. The summed E-state index contributed by atoms with van der Waals surface area (Å²) in [6.07, 6.45) is 6.65. The Morgan fingerprint density at radius 1 is 1.31 bits per heavy atom. The number of halogens is 1. The quantitative estimate of drug-likeness (QED) is 0.703. The third kappa shape index (κ3) is 1.50. The Labute approximate surface area is 79.9 Å². The van der Waals surface area contributed by atoms with Crippen LogP contribution < -0.4 is 5.73 Å². The lowest BCUT2D eigenvalue weighted by Crippen LogP contribution is -2.54. The smallest absolute Gasteiger partial charge is 0.109 e. The first-order valence-electron chi connectivity index (χ1n) is 5.47. The molecule has 0 heterocycles. The van der Waals surface area contributed by atoms with Crippen molar-refractivity contribution in [2.24, 2.45) is 17.1 Å². The molecule has 0 aromatic rings. The van der Waals surface area contributed by atoms with Gasteiger partial charge in [0, 0.05) is 0 Å². The van der Waals surface area contributed by atoms with Crippen LogP contribution in [0.5, 0.6) is 0 Å². The highest BCUT2D eigenvalue weighted by atomic mass is 19.1. The second-order valence-corrected chi connectivity index (χ2v) is 5.31. The van der Waals surface area contributed by atoms with Gasteiger partial charge in [0.05, 0.1) is 0 Å². The molecule has 0 aromatic carbocycles. The van der Waals surface area contributed by atoms with Crippen molar-refractivity contribution in [2.45, 2.75) is 51.1 Å². The Balaban J connectivity index is 2.01. The van der Waals surface area contributed by atoms with Crippen LogP contribution in [0.25, 0.3) is 0 Å². The van der Waals surface area contributed by atoms with E-state index < -0.39 is 5.67 Å². The molecule has 1 nitrogen and oxygen atoms in total. The summed E-state index contributed by atoms with van der Waals surface area (Å²) in [5.74, 6) is 0.723. The van der Waals surface area contributed by atoms with Gasteiger partial charge in [-0.25, -0.2) is 4.39 Å². The summed E-state index contributed by atoms with van der Waals surface area (Å²) in [5, 5.41) is 0. The number of rotatable bonds is 2. The number of hydrogen-bond acceptors (Lipinski definition) is 1. The van der Waals surface area contributed by atoms with Crippen molar-refractivity contribution in [1.82, 2.24) is 0 Å². The summed E-state index contributed by atoms with van der Waals surface area (Å²) >= 11 is 0. The summed E-state index contributed by atoms with van der Waals surface area (Å²) in [5.41, 5.74) is 5.07. The fourth-order valence-electron chi connectivity index (χ4n) is 3.55. The van der Waals surface area contributed by atoms with Gasteiger partial charge in [0.1, 0.15) is 5.67 Å². The monoisotopic (exact) mass is 185 g/mol. The van der Waals surface area contributed by atoms with Crippen molar-refractivity contribution in [3.63, 3.8) is 0 Å². The maximum atomic E-state index is 13.5. The predicted molar refractivity (Wildman–Crippen MR) is 52.2 cm³/mol. The predicted octanol–water partition coefficient (Wildman–Crippen LogP) is 2.64. The molecule has 13 heavy (non-hydrogen) atoms. The minimum Gasteiger partial charge on any atom is -0.330 e. The van der Waals surface area contributed by atoms with Gasteiger partial charge in [-0.3, -0.25) is 0 Å². The highest BCUT2D eigenvalue weighted by Gasteiger charge is 2.55. The minimum atomic E-state index is -0.915. The maximum Gasteiger partial charge on any atom is 0.109 e. The van der Waals surface area contributed by atoms with Gasteiger partial charge in [-0.05, 0) is 50.5 Å². The summed E-state index contributed by atoms with van der Waals surface area (Å²) < 4.78 is 13.5. The van der Waals surface area contributed by atoms with E-state index in [1.165, 1.54) is 25.7 Å². The first kappa shape index (κ1) is 9.45. The molecular formula is C11H20FN. The molecule has 0 atom stereocenters. The standard InChI is InChI=1S/C11H20FN/c1-10(12)6-11(7-10,8-13)9-4-2-3-5-9/h9H,2-8,13H2,1H3. The van der Waals surface area contributed by atoms with Crippen molar-refractivity contribution in [2.75, 3.05) is 6.54 Å². The van der Waals surface area contributed by atoms with E-state index in [1.807, 2.05) is 0 Å². The number of hydrogen-bond donors (Lipinski definition) is 1. The van der Waals surface area contributed by atoms with Gasteiger partial charge >= 0.3 is 0 Å². The lowest BCUT2D eigenvalue weighted by molar-refractivity contribution is -0.0842. The molecule has 0 amide bonds. The first-order valence-corrected chi connectivity index (χ1v) is 5.47. The van der Waals surface area contributed by atoms with Gasteiger partial charge in [-0.15, -0.1) is 0 Å². The van der Waals surface area contributed by atoms with Crippen LogP contribution in [-0.2, 0) is 0 Å². The van der Waals surface area contributed by atoms with E-state index in [-0.39, 0.29) is 5.41 Å². The molecule has 0 unspecified atom stereocenters. The molecule has 2 aliphatic rings. The van der Waals surface area contributed by atoms with E-state index in [0.29, 0.717) is 19.4 Å². The van der Waals surface area contributed by atoms with Crippen molar-refractivity contribution in [3.05, 3.63) is 0 Å². The number of alkyl halides is 1.